The van der Waals surface area contributed by atoms with Crippen molar-refractivity contribution in [3.8, 4) is 5.75 Å². The molecule has 2 aromatic carbocycles. The van der Waals surface area contributed by atoms with E-state index in [2.05, 4.69) is 5.32 Å². The fourth-order valence-corrected chi connectivity index (χ4v) is 3.84. The van der Waals surface area contributed by atoms with Crippen molar-refractivity contribution < 1.29 is 14.3 Å². The maximum absolute atomic E-state index is 13.3. The summed E-state index contributed by atoms with van der Waals surface area (Å²) in [5.74, 6) is 0.423. The van der Waals surface area contributed by atoms with Crippen LogP contribution in [0.1, 0.15) is 34.8 Å². The highest BCUT2D eigenvalue weighted by Crippen LogP contribution is 2.30. The van der Waals surface area contributed by atoms with Gasteiger partial charge in [0.15, 0.2) is 0 Å². The van der Waals surface area contributed by atoms with Gasteiger partial charge in [0, 0.05) is 17.5 Å². The number of nitrogens with zero attached hydrogens (tertiary/aromatic N) is 1. The van der Waals surface area contributed by atoms with Crippen LogP contribution in [0.4, 0.5) is 5.69 Å². The summed E-state index contributed by atoms with van der Waals surface area (Å²) in [5.41, 5.74) is 3.93. The van der Waals surface area contributed by atoms with Gasteiger partial charge in [-0.05, 0) is 55.7 Å². The van der Waals surface area contributed by atoms with Gasteiger partial charge in [-0.2, -0.15) is 0 Å². The molecule has 6 nitrogen and oxygen atoms in total. The summed E-state index contributed by atoms with van der Waals surface area (Å²) in [7, 11) is 1.63. The number of fused-ring (bicyclic) bond motifs is 3. The number of esters is 1. The first-order valence-corrected chi connectivity index (χ1v) is 9.85. The number of anilines is 1. The van der Waals surface area contributed by atoms with Crippen molar-refractivity contribution in [2.24, 2.45) is 0 Å². The van der Waals surface area contributed by atoms with Crippen LogP contribution in [0.3, 0.4) is 0 Å². The number of rotatable bonds is 5. The van der Waals surface area contributed by atoms with E-state index in [-0.39, 0.29) is 11.5 Å². The van der Waals surface area contributed by atoms with Crippen molar-refractivity contribution in [2.45, 2.75) is 26.3 Å². The molecule has 0 aliphatic carbocycles. The normalized spacial score (nSPS) is 12.9. The zero-order valence-electron chi connectivity index (χ0n) is 16.7. The van der Waals surface area contributed by atoms with Gasteiger partial charge in [-0.1, -0.05) is 12.1 Å². The van der Waals surface area contributed by atoms with Crippen LogP contribution < -0.4 is 15.6 Å². The Labute approximate surface area is 169 Å². The molecule has 0 saturated carbocycles. The van der Waals surface area contributed by atoms with Crippen LogP contribution in [0.5, 0.6) is 5.75 Å². The summed E-state index contributed by atoms with van der Waals surface area (Å²) in [4.78, 5) is 25.5. The monoisotopic (exact) mass is 392 g/mol. The lowest BCUT2D eigenvalue weighted by Crippen LogP contribution is -2.29. The molecule has 0 radical (unpaired) electrons. The molecule has 2 heterocycles. The van der Waals surface area contributed by atoms with Crippen molar-refractivity contribution in [1.82, 2.24) is 4.57 Å². The Kier molecular flexibility index (Phi) is 5.25. The van der Waals surface area contributed by atoms with Crippen molar-refractivity contribution >= 4 is 22.6 Å². The van der Waals surface area contributed by atoms with Crippen molar-refractivity contribution in [2.75, 3.05) is 25.6 Å². The second-order valence-corrected chi connectivity index (χ2v) is 7.08. The second kappa shape index (κ2) is 7.99. The molecule has 0 unspecified atom stereocenters. The Balaban J connectivity index is 1.87. The first kappa shape index (κ1) is 19.1. The number of carbonyl (C=O) groups excluding carboxylic acids is 1. The van der Waals surface area contributed by atoms with E-state index in [0.717, 1.165) is 52.9 Å². The number of carbonyl (C=O) groups is 1. The summed E-state index contributed by atoms with van der Waals surface area (Å²) in [6.07, 6.45) is 1.64. The Morgan fingerprint density at radius 1 is 1.17 bits per heavy atom. The van der Waals surface area contributed by atoms with Gasteiger partial charge in [0.2, 0.25) is 0 Å². The number of benzene rings is 2. The van der Waals surface area contributed by atoms with E-state index < -0.39 is 0 Å². The molecular weight excluding hydrogens is 368 g/mol. The lowest BCUT2D eigenvalue weighted by molar-refractivity contribution is 0.0526. The molecule has 3 aromatic rings. The predicted molar refractivity (Wildman–Crippen MR) is 113 cm³/mol. The Bertz CT molecular complexity index is 1120. The number of nitrogens with one attached hydrogen (secondary N) is 1. The number of pyridine rings is 1. The Morgan fingerprint density at radius 3 is 2.69 bits per heavy atom. The molecule has 6 heteroatoms. The van der Waals surface area contributed by atoms with Gasteiger partial charge in [0.25, 0.3) is 5.56 Å². The van der Waals surface area contributed by atoms with Gasteiger partial charge in [-0.25, -0.2) is 4.79 Å². The van der Waals surface area contributed by atoms with E-state index >= 15 is 0 Å². The van der Waals surface area contributed by atoms with Crippen molar-refractivity contribution in [3.05, 3.63) is 69.5 Å². The van der Waals surface area contributed by atoms with Gasteiger partial charge >= 0.3 is 5.97 Å². The number of hydrogen-bond donors (Lipinski definition) is 1. The largest absolute Gasteiger partial charge is 0.497 e. The molecule has 0 spiro atoms. The van der Waals surface area contributed by atoms with Crippen LogP contribution >= 0.6 is 0 Å². The zero-order chi connectivity index (χ0) is 20.4. The van der Waals surface area contributed by atoms with Gasteiger partial charge in [-0.15, -0.1) is 0 Å². The number of aromatic nitrogens is 1. The van der Waals surface area contributed by atoms with Crippen molar-refractivity contribution in [3.63, 3.8) is 0 Å². The molecular formula is C23H24N2O4. The Morgan fingerprint density at radius 2 is 1.97 bits per heavy atom. The third kappa shape index (κ3) is 3.58. The number of hydrogen-bond acceptors (Lipinski definition) is 5. The maximum atomic E-state index is 13.3. The van der Waals surface area contributed by atoms with Crippen LogP contribution in [-0.4, -0.2) is 30.8 Å². The molecule has 29 heavy (non-hydrogen) atoms. The summed E-state index contributed by atoms with van der Waals surface area (Å²) < 4.78 is 12.2. The maximum Gasteiger partial charge on any atom is 0.338 e. The molecule has 0 fully saturated rings. The van der Waals surface area contributed by atoms with Gasteiger partial charge in [0.05, 0.1) is 37.0 Å². The van der Waals surface area contributed by atoms with Gasteiger partial charge in [-0.3, -0.25) is 4.79 Å². The van der Waals surface area contributed by atoms with E-state index in [0.29, 0.717) is 18.7 Å². The quantitative estimate of drug-likeness (QED) is 0.672. The molecule has 0 saturated heterocycles. The van der Waals surface area contributed by atoms with E-state index in [1.165, 1.54) is 0 Å². The summed E-state index contributed by atoms with van der Waals surface area (Å²) >= 11 is 0. The second-order valence-electron chi connectivity index (χ2n) is 7.08. The molecule has 1 aromatic heterocycles. The average molecular weight is 392 g/mol. The smallest absolute Gasteiger partial charge is 0.338 e. The van der Waals surface area contributed by atoms with Crippen LogP contribution in [0.2, 0.25) is 0 Å². The molecule has 0 atom stereocenters. The topological polar surface area (TPSA) is 69.6 Å². The molecule has 4 rings (SSSR count). The minimum Gasteiger partial charge on any atom is -0.497 e. The van der Waals surface area contributed by atoms with Crippen LogP contribution in [0, 0.1) is 0 Å². The van der Waals surface area contributed by atoms with E-state index in [9.17, 15) is 9.59 Å². The minimum absolute atomic E-state index is 0.0133. The number of methoxy groups -OCH3 is 1. The summed E-state index contributed by atoms with van der Waals surface area (Å²) in [6, 6.07) is 13.1. The van der Waals surface area contributed by atoms with Gasteiger partial charge in [0.1, 0.15) is 5.75 Å². The van der Waals surface area contributed by atoms with E-state index in [1.807, 2.05) is 36.4 Å². The number of ether oxygens (including phenoxy) is 2. The highest BCUT2D eigenvalue weighted by atomic mass is 16.5. The standard InChI is InChI=1S/C23H24N2O4/c1-3-29-23(27)16-8-11-20-19(13-16)21-18(5-4-12-24-21)22(26)25(20)14-15-6-9-17(28-2)10-7-15/h6-11,13,24H,3-5,12,14H2,1-2H3. The first-order chi connectivity index (χ1) is 14.1. The molecule has 0 amide bonds. The molecule has 1 aliphatic heterocycles. The fourth-order valence-electron chi connectivity index (χ4n) is 3.84. The molecule has 0 bridgehead atoms. The summed E-state index contributed by atoms with van der Waals surface area (Å²) in [5, 5.41) is 4.24. The minimum atomic E-state index is -0.355. The van der Waals surface area contributed by atoms with Crippen LogP contribution in [-0.2, 0) is 17.7 Å². The Hall–Kier alpha value is -3.28. The lowest BCUT2D eigenvalue weighted by Gasteiger charge is -2.23. The van der Waals surface area contributed by atoms with Gasteiger partial charge < -0.3 is 19.4 Å². The van der Waals surface area contributed by atoms with Crippen LogP contribution in [0.25, 0.3) is 10.9 Å². The van der Waals surface area contributed by atoms with Crippen molar-refractivity contribution in [1.29, 1.82) is 0 Å². The average Bonchev–Trinajstić information content (AvgIpc) is 2.77. The fraction of sp³-hybridized carbons (Fsp3) is 0.304. The molecule has 1 aliphatic rings. The first-order valence-electron chi connectivity index (χ1n) is 9.85. The third-order valence-corrected chi connectivity index (χ3v) is 5.28. The predicted octanol–water partition coefficient (Wildman–Crippen LogP) is 3.59. The highest BCUT2D eigenvalue weighted by molar-refractivity contribution is 6.00. The molecule has 1 N–H and O–H groups in total. The lowest BCUT2D eigenvalue weighted by atomic mass is 9.99. The zero-order valence-corrected chi connectivity index (χ0v) is 16.7. The van der Waals surface area contributed by atoms with E-state index in [1.54, 1.807) is 24.7 Å². The van der Waals surface area contributed by atoms with E-state index in [4.69, 9.17) is 9.47 Å². The SMILES string of the molecule is CCOC(=O)c1ccc2c(c1)c1c(c(=O)n2Cc2ccc(OC)cc2)CCCN1. The highest BCUT2D eigenvalue weighted by Gasteiger charge is 2.21. The summed E-state index contributed by atoms with van der Waals surface area (Å²) in [6.45, 7) is 3.37. The molecule has 150 valence electrons. The third-order valence-electron chi connectivity index (χ3n) is 5.28. The van der Waals surface area contributed by atoms with Crippen LogP contribution in [0.15, 0.2) is 47.3 Å².